The quantitative estimate of drug-likeness (QED) is 0.828. The molecule has 1 unspecified atom stereocenters. The minimum absolute atomic E-state index is 0.0221. The van der Waals surface area contributed by atoms with Crippen molar-refractivity contribution in [2.24, 2.45) is 0 Å². The van der Waals surface area contributed by atoms with Crippen molar-refractivity contribution in [1.82, 2.24) is 4.90 Å². The molecule has 3 aliphatic heterocycles. The number of amides is 3. The highest BCUT2D eigenvalue weighted by Crippen LogP contribution is 2.43. The van der Waals surface area contributed by atoms with Crippen molar-refractivity contribution in [3.8, 4) is 0 Å². The van der Waals surface area contributed by atoms with Crippen molar-refractivity contribution in [1.29, 1.82) is 0 Å². The molecule has 0 saturated carbocycles. The lowest BCUT2D eigenvalue weighted by Crippen LogP contribution is -2.63. The molecule has 3 aliphatic rings. The average Bonchev–Trinajstić information content (AvgIpc) is 3.40. The molecule has 31 heavy (non-hydrogen) atoms. The van der Waals surface area contributed by atoms with Gasteiger partial charge >= 0.3 is 0 Å². The first-order valence-electron chi connectivity index (χ1n) is 10.9. The number of hydrogen-bond acceptors (Lipinski definition) is 4. The predicted octanol–water partition coefficient (Wildman–Crippen LogP) is 3.22. The maximum Gasteiger partial charge on any atom is 0.258 e. The molecule has 0 spiro atoms. The van der Waals surface area contributed by atoms with E-state index in [4.69, 9.17) is 0 Å². The monoisotopic (exact) mass is 418 g/mol. The van der Waals surface area contributed by atoms with E-state index >= 15 is 0 Å². The molecule has 3 heterocycles. The van der Waals surface area contributed by atoms with E-state index in [-0.39, 0.29) is 24.3 Å². The summed E-state index contributed by atoms with van der Waals surface area (Å²) in [6.07, 6.45) is 3.23. The van der Waals surface area contributed by atoms with Gasteiger partial charge in [0.25, 0.3) is 5.91 Å². The Balaban J connectivity index is 1.38. The highest BCUT2D eigenvalue weighted by Gasteiger charge is 2.53. The van der Waals surface area contributed by atoms with E-state index in [1.807, 2.05) is 31.2 Å². The van der Waals surface area contributed by atoms with Crippen LogP contribution in [0.1, 0.15) is 43.0 Å². The number of carbonyl (C=O) groups excluding carboxylic acids is 3. The number of fused-ring (bicyclic) bond motifs is 3. The second-order valence-corrected chi connectivity index (χ2v) is 8.65. The average molecular weight is 418 g/mol. The maximum absolute atomic E-state index is 13.3. The summed E-state index contributed by atoms with van der Waals surface area (Å²) in [4.78, 5) is 44.4. The maximum atomic E-state index is 13.3. The van der Waals surface area contributed by atoms with Crippen LogP contribution in [0.4, 0.5) is 17.1 Å². The molecule has 1 N–H and O–H groups in total. The molecule has 0 aromatic heterocycles. The highest BCUT2D eigenvalue weighted by atomic mass is 16.2. The van der Waals surface area contributed by atoms with Gasteiger partial charge in [-0.05, 0) is 56.5 Å². The molecule has 3 amide bonds. The molecule has 2 saturated heterocycles. The van der Waals surface area contributed by atoms with Crippen LogP contribution >= 0.6 is 0 Å². The third-order valence-corrected chi connectivity index (χ3v) is 6.65. The third kappa shape index (κ3) is 3.24. The Hall–Kier alpha value is -3.35. The number of anilines is 3. The van der Waals surface area contributed by atoms with Gasteiger partial charge in [-0.15, -0.1) is 0 Å². The van der Waals surface area contributed by atoms with Crippen LogP contribution in [-0.4, -0.2) is 47.9 Å². The Labute approximate surface area is 181 Å². The van der Waals surface area contributed by atoms with Gasteiger partial charge in [-0.2, -0.15) is 0 Å². The fourth-order valence-electron chi connectivity index (χ4n) is 5.04. The van der Waals surface area contributed by atoms with Crippen LogP contribution in [0.15, 0.2) is 48.5 Å². The van der Waals surface area contributed by atoms with Gasteiger partial charge in [0, 0.05) is 30.9 Å². The smallest absolute Gasteiger partial charge is 0.258 e. The van der Waals surface area contributed by atoms with Gasteiger partial charge in [0.15, 0.2) is 0 Å². The van der Waals surface area contributed by atoms with Crippen LogP contribution in [0.25, 0.3) is 0 Å². The molecule has 0 radical (unpaired) electrons. The van der Waals surface area contributed by atoms with Crippen molar-refractivity contribution >= 4 is 34.8 Å². The van der Waals surface area contributed by atoms with Gasteiger partial charge in [-0.3, -0.25) is 19.3 Å². The summed E-state index contributed by atoms with van der Waals surface area (Å²) in [5, 5.41) is 2.94. The standard InChI is InChI=1S/C24H26N4O3/c1-24-12-11-22(30)28(24)20-10-3-2-9-19(20)23(31)27(24)16-21(29)25-17-7-6-8-18(15-17)26-13-4-5-14-26/h2-3,6-10,15H,4-5,11-14,16H2,1H3,(H,25,29). The molecule has 2 fully saturated rings. The van der Waals surface area contributed by atoms with Crippen LogP contribution in [0, 0.1) is 0 Å². The SMILES string of the molecule is CC12CCC(=O)N1c1ccccc1C(=O)N2CC(=O)Nc1cccc(N2CCCC2)c1. The fourth-order valence-corrected chi connectivity index (χ4v) is 5.04. The lowest BCUT2D eigenvalue weighted by Gasteiger charge is -2.48. The number of hydrogen-bond donors (Lipinski definition) is 1. The molecule has 0 aliphatic carbocycles. The zero-order valence-corrected chi connectivity index (χ0v) is 17.6. The molecule has 1 atom stereocenters. The number of nitrogens with zero attached hydrogens (tertiary/aromatic N) is 3. The van der Waals surface area contributed by atoms with Gasteiger partial charge < -0.3 is 15.1 Å². The van der Waals surface area contributed by atoms with Crippen LogP contribution < -0.4 is 15.1 Å². The topological polar surface area (TPSA) is 73.0 Å². The number of rotatable bonds is 4. The summed E-state index contributed by atoms with van der Waals surface area (Å²) < 4.78 is 0. The Morgan fingerprint density at radius 2 is 1.84 bits per heavy atom. The summed E-state index contributed by atoms with van der Waals surface area (Å²) in [7, 11) is 0. The first-order valence-corrected chi connectivity index (χ1v) is 10.9. The third-order valence-electron chi connectivity index (χ3n) is 6.65. The normalized spacial score (nSPS) is 22.5. The van der Waals surface area contributed by atoms with Crippen LogP contribution in [0.2, 0.25) is 0 Å². The molecule has 0 bridgehead atoms. The lowest BCUT2D eigenvalue weighted by atomic mass is 9.98. The molecule has 160 valence electrons. The number of nitrogens with one attached hydrogen (secondary N) is 1. The van der Waals surface area contributed by atoms with Gasteiger partial charge in [-0.25, -0.2) is 0 Å². The van der Waals surface area contributed by atoms with Crippen LogP contribution in [0.3, 0.4) is 0 Å². The minimum Gasteiger partial charge on any atom is -0.371 e. The summed E-state index contributed by atoms with van der Waals surface area (Å²) in [6.45, 7) is 3.82. The first kappa shape index (κ1) is 19.6. The number of carbonyl (C=O) groups is 3. The van der Waals surface area contributed by atoms with Crippen molar-refractivity contribution in [2.45, 2.75) is 38.3 Å². The van der Waals surface area contributed by atoms with Crippen molar-refractivity contribution in [3.63, 3.8) is 0 Å². The highest BCUT2D eigenvalue weighted by molar-refractivity contribution is 6.11. The zero-order chi connectivity index (χ0) is 21.6. The number of benzene rings is 2. The van der Waals surface area contributed by atoms with E-state index in [0.717, 1.165) is 18.8 Å². The zero-order valence-electron chi connectivity index (χ0n) is 17.6. The van der Waals surface area contributed by atoms with Gasteiger partial charge in [-0.1, -0.05) is 18.2 Å². The molecular weight excluding hydrogens is 392 g/mol. The van der Waals surface area contributed by atoms with Gasteiger partial charge in [0.05, 0.1) is 11.3 Å². The second-order valence-electron chi connectivity index (χ2n) is 8.65. The lowest BCUT2D eigenvalue weighted by molar-refractivity contribution is -0.120. The molecule has 7 heteroatoms. The van der Waals surface area contributed by atoms with Gasteiger partial charge in [0.1, 0.15) is 12.2 Å². The number of para-hydroxylation sites is 1. The minimum atomic E-state index is -0.836. The largest absolute Gasteiger partial charge is 0.371 e. The van der Waals surface area contributed by atoms with E-state index in [1.54, 1.807) is 28.0 Å². The fraction of sp³-hybridized carbons (Fsp3) is 0.375. The van der Waals surface area contributed by atoms with Crippen molar-refractivity contribution < 1.29 is 14.4 Å². The van der Waals surface area contributed by atoms with Crippen LogP contribution in [-0.2, 0) is 9.59 Å². The van der Waals surface area contributed by atoms with E-state index < -0.39 is 5.66 Å². The molecule has 7 nitrogen and oxygen atoms in total. The van der Waals surface area contributed by atoms with Crippen molar-refractivity contribution in [2.75, 3.05) is 34.8 Å². The summed E-state index contributed by atoms with van der Waals surface area (Å²) in [5.74, 6) is -0.511. The van der Waals surface area contributed by atoms with Crippen LogP contribution in [0.5, 0.6) is 0 Å². The summed E-state index contributed by atoms with van der Waals surface area (Å²) >= 11 is 0. The first-order chi connectivity index (χ1) is 15.0. The molecule has 2 aromatic rings. The predicted molar refractivity (Wildman–Crippen MR) is 119 cm³/mol. The molecular formula is C24H26N4O3. The molecule has 5 rings (SSSR count). The Morgan fingerprint density at radius 3 is 2.65 bits per heavy atom. The Bertz CT molecular complexity index is 1060. The second kappa shape index (κ2) is 7.41. The summed E-state index contributed by atoms with van der Waals surface area (Å²) in [5.41, 5.74) is 2.06. The van der Waals surface area contributed by atoms with E-state index in [2.05, 4.69) is 16.3 Å². The van der Waals surface area contributed by atoms with Gasteiger partial charge in [0.2, 0.25) is 11.8 Å². The van der Waals surface area contributed by atoms with E-state index in [1.165, 1.54) is 12.8 Å². The van der Waals surface area contributed by atoms with Crippen molar-refractivity contribution in [3.05, 3.63) is 54.1 Å². The summed E-state index contributed by atoms with van der Waals surface area (Å²) in [6, 6.07) is 14.9. The van der Waals surface area contributed by atoms with E-state index in [0.29, 0.717) is 29.8 Å². The Kier molecular flexibility index (Phi) is 4.68. The van der Waals surface area contributed by atoms with E-state index in [9.17, 15) is 14.4 Å². The Morgan fingerprint density at radius 1 is 1.06 bits per heavy atom. The molecule has 2 aromatic carbocycles.